The quantitative estimate of drug-likeness (QED) is 0.0332. The zero-order valence-electron chi connectivity index (χ0n) is 52.1. The van der Waals surface area contributed by atoms with E-state index >= 15 is 0 Å². The van der Waals surface area contributed by atoms with Gasteiger partial charge in [-0.15, -0.1) is 11.3 Å². The lowest BCUT2D eigenvalue weighted by atomic mass is 10.2. The van der Waals surface area contributed by atoms with Gasteiger partial charge in [0.05, 0.1) is 83.9 Å². The minimum Gasteiger partial charge on any atom is -0.481 e. The first-order chi connectivity index (χ1) is 39.0. The van der Waals surface area contributed by atoms with Crippen LogP contribution in [0.25, 0.3) is 0 Å². The van der Waals surface area contributed by atoms with Gasteiger partial charge < -0.3 is 69.8 Å². The summed E-state index contributed by atoms with van der Waals surface area (Å²) in [6, 6.07) is -0.845. The molecule has 86 heavy (non-hydrogen) atoms. The molecule has 0 saturated heterocycles. The molecule has 4 aromatic rings. The number of nitrogens with one attached hydrogen (secondary N) is 2. The third kappa shape index (κ3) is 51.3. The molecule has 4 heterocycles. The van der Waals surface area contributed by atoms with Gasteiger partial charge in [0.25, 0.3) is 5.97 Å². The number of ether oxygens (including phenoxy) is 6. The number of methoxy groups -OCH3 is 6. The van der Waals surface area contributed by atoms with Crippen LogP contribution in [0.4, 0.5) is 0 Å². The van der Waals surface area contributed by atoms with E-state index in [1.807, 2.05) is 67.0 Å². The first kappa shape index (κ1) is 90.0. The van der Waals surface area contributed by atoms with Gasteiger partial charge in [0, 0.05) is 30.2 Å². The summed E-state index contributed by atoms with van der Waals surface area (Å²) in [5.74, 6) is -2.49. The number of aliphatic carboxylic acids is 2. The molecule has 0 aliphatic carbocycles. The number of H-pyrrole nitrogens is 1. The van der Waals surface area contributed by atoms with Crippen LogP contribution in [0.5, 0.6) is 0 Å². The number of esters is 6. The molecule has 0 aliphatic rings. The van der Waals surface area contributed by atoms with Gasteiger partial charge in [0.15, 0.2) is 5.78 Å². The highest BCUT2D eigenvalue weighted by Gasteiger charge is 2.16. The molecule has 30 nitrogen and oxygen atoms in total. The van der Waals surface area contributed by atoms with Crippen molar-refractivity contribution in [2.45, 2.75) is 141 Å². The van der Waals surface area contributed by atoms with E-state index in [1.54, 1.807) is 25.2 Å². The van der Waals surface area contributed by atoms with Gasteiger partial charge in [-0.25, -0.2) is 19.9 Å². The monoisotopic (exact) mass is 1330 g/mol. The first-order valence-electron chi connectivity index (χ1n) is 24.4. The van der Waals surface area contributed by atoms with Crippen LogP contribution in [0.3, 0.4) is 0 Å². The summed E-state index contributed by atoms with van der Waals surface area (Å²) in [5.41, 5.74) is 10.9. The first-order valence-corrected chi connectivity index (χ1v) is 29.6. The van der Waals surface area contributed by atoms with Crippen LogP contribution >= 0.6 is 50.3 Å². The highest BCUT2D eigenvalue weighted by molar-refractivity contribution is 8.24. The van der Waals surface area contributed by atoms with Crippen LogP contribution < -0.4 is 17.2 Å². The second kappa shape index (κ2) is 49.0. The third-order valence-corrected chi connectivity index (χ3v) is 10.9. The zero-order valence-corrected chi connectivity index (χ0v) is 56.0. The number of thiazole rings is 1. The molecule has 0 saturated carbocycles. The Morgan fingerprint density at radius 1 is 0.628 bits per heavy atom. The SMILES string of the molecule is CC(=O)C(C)N.CC(=O)O.COC(=O)CC(=O)NC(C)C(C)=O.COC(=O)CC(=O)O.COC(=O)Cc1nc(C)c(C)[nH]1.COC(=O)Cc1nc(C)c(C)n1C.COC(=O)Cc1nc(C)c(C)o1.COC(=O)Cc1nc(C)c(C)s1.N.O=P(Cl)(Cl)Cl. The van der Waals surface area contributed by atoms with Crippen molar-refractivity contribution in [1.82, 2.24) is 41.0 Å². The number of carboxylic acids is 2. The lowest BCUT2D eigenvalue weighted by Crippen LogP contribution is -2.38. The normalized spacial score (nSPS) is 10.1. The van der Waals surface area contributed by atoms with Crippen LogP contribution in [-0.2, 0) is 118 Å². The number of carbonyl (C=O) groups excluding carboxylic acids is 9. The number of halogens is 3. The molecule has 0 aliphatic heterocycles. The van der Waals surface area contributed by atoms with Crippen molar-refractivity contribution in [3.05, 3.63) is 67.3 Å². The Morgan fingerprint density at radius 2 is 1.03 bits per heavy atom. The smallest absolute Gasteiger partial charge is 0.339 e. The number of aromatic nitrogens is 6. The maximum Gasteiger partial charge on any atom is 0.339 e. The fraction of sp³-hybridized carbons (Fsp3) is 0.549. The Morgan fingerprint density at radius 3 is 1.34 bits per heavy atom. The maximum atomic E-state index is 11.0. The molecule has 35 heteroatoms. The molecule has 490 valence electrons. The van der Waals surface area contributed by atoms with Crippen molar-refractivity contribution in [2.75, 3.05) is 42.7 Å². The van der Waals surface area contributed by atoms with Gasteiger partial charge in [-0.1, -0.05) is 0 Å². The van der Waals surface area contributed by atoms with Crippen molar-refractivity contribution in [1.29, 1.82) is 0 Å². The zero-order chi connectivity index (χ0) is 67.7. The molecule has 4 rings (SSSR count). The lowest BCUT2D eigenvalue weighted by molar-refractivity contribution is -0.150. The molecular formula is C51H83Cl3N9O21PS. The van der Waals surface area contributed by atoms with E-state index in [0.29, 0.717) is 11.7 Å². The van der Waals surface area contributed by atoms with Crippen LogP contribution in [0.2, 0.25) is 0 Å². The maximum absolute atomic E-state index is 11.0. The largest absolute Gasteiger partial charge is 0.481 e. The topological polar surface area (TPSA) is 459 Å². The Balaban J connectivity index is -0.000000213. The molecule has 0 bridgehead atoms. The average Bonchev–Trinajstić information content (AvgIpc) is 3.57. The predicted octanol–water partition coefficient (Wildman–Crippen LogP) is 6.24. The highest BCUT2D eigenvalue weighted by Crippen LogP contribution is 2.61. The number of imidazole rings is 2. The van der Waals surface area contributed by atoms with Crippen molar-refractivity contribution in [3.63, 3.8) is 0 Å². The number of Topliss-reactive ketones (excluding diaryl/α,β-unsaturated/α-hetero) is 2. The molecule has 0 aromatic carbocycles. The molecule has 9 N–H and O–H groups in total. The summed E-state index contributed by atoms with van der Waals surface area (Å²) in [5, 5.41) is 15.3. The Labute approximate surface area is 517 Å². The lowest BCUT2D eigenvalue weighted by Gasteiger charge is -2.09. The number of ketones is 2. The minimum atomic E-state index is -3.22. The summed E-state index contributed by atoms with van der Waals surface area (Å²) in [6.45, 7) is 22.4. The number of hydrogen-bond donors (Lipinski definition) is 6. The van der Waals surface area contributed by atoms with Crippen molar-refractivity contribution in [2.24, 2.45) is 12.8 Å². The number of amides is 1. The second-order valence-corrected chi connectivity index (χ2v) is 24.7. The summed E-state index contributed by atoms with van der Waals surface area (Å²) in [7, 11) is 9.71. The Bertz CT molecular complexity index is 2610. The fourth-order valence-corrected chi connectivity index (χ4v) is 5.39. The number of rotatable bonds is 15. The number of hydrogen-bond acceptors (Lipinski definition) is 26. The number of aromatic amines is 1. The van der Waals surface area contributed by atoms with E-state index in [-0.39, 0.29) is 79.7 Å². The second-order valence-electron chi connectivity index (χ2n) is 16.8. The van der Waals surface area contributed by atoms with E-state index in [4.69, 9.17) is 25.2 Å². The molecule has 1 amide bonds. The van der Waals surface area contributed by atoms with Gasteiger partial charge in [0.2, 0.25) is 11.8 Å². The average molecular weight is 1330 g/mol. The standard InChI is InChI=1S/C9H14N2O2.C8H12N2O2.C8H13NO4.C8H11NO3.C8H11NO2S.C4H9NO.C4H6O4.C2H4O2.Cl3OP.H3N/c1-6-7(2)11(3)8(10-6)5-9(12)13-4;1-5-6(2)10-7(9-5)4-8(11)12-3;1-5(6(2)10)9-7(11)4-8(12)13-3;2*1-5-6(2)12-7(9-5)4-8(10)11-3;1-3(5)4(2)6;1-8-4(7)2-3(5)6;1-2(3)4;1-5(2,3)4;/h5H2,1-4H3;4H2,1-3H3,(H,9,10);5H,4H2,1-3H3,(H,9,11);2*4H2,1-3H3;3H,5H2,1-2H3;2H2,1H3,(H,5,6);1H3,(H,3,4);;1H3. The van der Waals surface area contributed by atoms with Gasteiger partial charge >= 0.3 is 47.0 Å². The molecular weight excluding hydrogens is 1240 g/mol. The summed E-state index contributed by atoms with van der Waals surface area (Å²) in [6.07, 6.45) is -0.0709. The molecule has 0 spiro atoms. The van der Waals surface area contributed by atoms with E-state index < -0.39 is 47.4 Å². The Kier molecular flexibility index (Phi) is 51.3. The molecule has 0 fully saturated rings. The van der Waals surface area contributed by atoms with Crippen LogP contribution in [-0.4, -0.2) is 160 Å². The molecule has 0 radical (unpaired) electrons. The fourth-order valence-electron chi connectivity index (χ4n) is 4.47. The van der Waals surface area contributed by atoms with E-state index in [2.05, 4.69) is 92.4 Å². The third-order valence-electron chi connectivity index (χ3n) is 9.83. The number of oxazole rings is 1. The van der Waals surface area contributed by atoms with Gasteiger partial charge in [-0.05, 0) is 117 Å². The van der Waals surface area contributed by atoms with E-state index in [9.17, 15) is 52.5 Å². The number of carboxylic acid groups (broad SMARTS) is 2. The number of carbonyl (C=O) groups is 11. The van der Waals surface area contributed by atoms with Gasteiger partial charge in [0.1, 0.15) is 60.3 Å². The van der Waals surface area contributed by atoms with Crippen molar-refractivity contribution >= 4 is 115 Å². The van der Waals surface area contributed by atoms with Crippen molar-refractivity contribution in [3.8, 4) is 0 Å². The van der Waals surface area contributed by atoms with Crippen LogP contribution in [0.1, 0.15) is 115 Å². The van der Waals surface area contributed by atoms with Gasteiger partial charge in [-0.3, -0.25) is 57.3 Å². The highest BCUT2D eigenvalue weighted by atomic mass is 36.0. The van der Waals surface area contributed by atoms with Gasteiger partial charge in [-0.2, -0.15) is 0 Å². The Hall–Kier alpha value is -7.15. The predicted molar refractivity (Wildman–Crippen MR) is 318 cm³/mol. The van der Waals surface area contributed by atoms with Crippen molar-refractivity contribution < 1.29 is 100 Å². The number of nitrogens with two attached hydrogens (primary N) is 1. The van der Waals surface area contributed by atoms with E-state index in [1.165, 1.54) is 49.4 Å². The summed E-state index contributed by atoms with van der Waals surface area (Å²) in [4.78, 5) is 135. The molecule has 4 aromatic heterocycles. The summed E-state index contributed by atoms with van der Waals surface area (Å²) >= 11 is 15.4. The van der Waals surface area contributed by atoms with E-state index in [0.717, 1.165) is 69.7 Å². The molecule has 2 atom stereocenters. The minimum absolute atomic E-state index is 0. The molecule has 2 unspecified atom stereocenters. The number of aryl methyl sites for hydroxylation is 7. The van der Waals surface area contributed by atoms with Crippen LogP contribution in [0, 0.1) is 55.4 Å². The summed E-state index contributed by atoms with van der Waals surface area (Å²) < 4.78 is 43.0. The van der Waals surface area contributed by atoms with Crippen LogP contribution in [0.15, 0.2) is 4.42 Å². The number of nitrogens with zero attached hydrogens (tertiary/aromatic N) is 5.